The molecule has 0 spiro atoms. The van der Waals surface area contributed by atoms with Crippen LogP contribution in [0.1, 0.15) is 16.2 Å². The average Bonchev–Trinajstić information content (AvgIpc) is 2.82. The predicted molar refractivity (Wildman–Crippen MR) is 119 cm³/mol. The van der Waals surface area contributed by atoms with Gasteiger partial charge in [0.15, 0.2) is 0 Å². The summed E-state index contributed by atoms with van der Waals surface area (Å²) in [6.45, 7) is 0.640. The SMILES string of the molecule is COc1ccc(C(=O)OCc2nc3cc(Cl)ccc3c(=O)[nH]2)cc1S(=O)(=O)N1CCOCC1. The minimum absolute atomic E-state index is 0.00816. The van der Waals surface area contributed by atoms with Crippen LogP contribution in [0.2, 0.25) is 5.02 Å². The molecule has 3 aromatic rings. The van der Waals surface area contributed by atoms with Crippen molar-refractivity contribution >= 4 is 38.5 Å². The maximum Gasteiger partial charge on any atom is 0.338 e. The zero-order valence-corrected chi connectivity index (χ0v) is 19.1. The highest BCUT2D eigenvalue weighted by Gasteiger charge is 2.30. The summed E-state index contributed by atoms with van der Waals surface area (Å²) < 4.78 is 43.1. The number of halogens is 1. The van der Waals surface area contributed by atoms with E-state index >= 15 is 0 Å². The van der Waals surface area contributed by atoms with Crippen LogP contribution < -0.4 is 10.3 Å². The zero-order chi connectivity index (χ0) is 23.6. The maximum atomic E-state index is 13.1. The van der Waals surface area contributed by atoms with Gasteiger partial charge in [-0.3, -0.25) is 4.79 Å². The lowest BCUT2D eigenvalue weighted by Gasteiger charge is -2.26. The van der Waals surface area contributed by atoms with E-state index in [1.807, 2.05) is 0 Å². The van der Waals surface area contributed by atoms with Crippen molar-refractivity contribution in [1.82, 2.24) is 14.3 Å². The minimum atomic E-state index is -3.91. The fourth-order valence-corrected chi connectivity index (χ4v) is 5.13. The third kappa shape index (κ3) is 4.86. The number of carbonyl (C=O) groups excluding carboxylic acids is 1. The van der Waals surface area contributed by atoms with Crippen LogP contribution in [0.25, 0.3) is 10.9 Å². The van der Waals surface area contributed by atoms with E-state index in [4.69, 9.17) is 25.8 Å². The molecule has 1 N–H and O–H groups in total. The van der Waals surface area contributed by atoms with E-state index < -0.39 is 21.6 Å². The van der Waals surface area contributed by atoms with E-state index in [1.54, 1.807) is 12.1 Å². The van der Waals surface area contributed by atoms with Crippen LogP contribution in [0.3, 0.4) is 0 Å². The summed E-state index contributed by atoms with van der Waals surface area (Å²) in [5, 5.41) is 0.762. The summed E-state index contributed by atoms with van der Waals surface area (Å²) in [6.07, 6.45) is 0. The number of sulfonamides is 1. The fourth-order valence-electron chi connectivity index (χ4n) is 3.38. The summed E-state index contributed by atoms with van der Waals surface area (Å²) in [5.41, 5.74) is -0.0273. The molecule has 2 aromatic carbocycles. The van der Waals surface area contributed by atoms with Gasteiger partial charge in [-0.15, -0.1) is 0 Å². The first-order valence-electron chi connectivity index (χ1n) is 9.91. The van der Waals surface area contributed by atoms with Gasteiger partial charge in [-0.05, 0) is 36.4 Å². The molecule has 0 saturated carbocycles. The molecule has 1 fully saturated rings. The number of aromatic amines is 1. The standard InChI is InChI=1S/C21H20ClN3O7S/c1-30-17-5-2-13(10-18(17)33(28,29)25-6-8-31-9-7-25)21(27)32-12-19-23-16-11-14(22)3-4-15(16)20(26)24-19/h2-5,10-11H,6-9,12H2,1H3,(H,23,24,26). The Balaban J connectivity index is 1.57. The Morgan fingerprint density at radius 3 is 2.70 bits per heavy atom. The lowest BCUT2D eigenvalue weighted by Crippen LogP contribution is -2.40. The van der Waals surface area contributed by atoms with Crippen molar-refractivity contribution in [2.24, 2.45) is 0 Å². The van der Waals surface area contributed by atoms with Crippen LogP contribution in [-0.2, 0) is 26.1 Å². The van der Waals surface area contributed by atoms with Gasteiger partial charge in [0.25, 0.3) is 5.56 Å². The molecule has 1 aliphatic rings. The van der Waals surface area contributed by atoms with Gasteiger partial charge in [0, 0.05) is 18.1 Å². The van der Waals surface area contributed by atoms with Crippen molar-refractivity contribution in [2.75, 3.05) is 33.4 Å². The third-order valence-electron chi connectivity index (χ3n) is 5.04. The van der Waals surface area contributed by atoms with Crippen LogP contribution >= 0.6 is 11.6 Å². The number of methoxy groups -OCH3 is 1. The van der Waals surface area contributed by atoms with Gasteiger partial charge in [0.1, 0.15) is 23.1 Å². The topological polar surface area (TPSA) is 128 Å². The molecule has 12 heteroatoms. The molecule has 174 valence electrons. The number of carbonyl (C=O) groups is 1. The molecule has 1 aromatic heterocycles. The summed E-state index contributed by atoms with van der Waals surface area (Å²) in [4.78, 5) is 31.5. The molecule has 0 amide bonds. The molecular weight excluding hydrogens is 474 g/mol. The van der Waals surface area contributed by atoms with Crippen molar-refractivity contribution in [3.8, 4) is 5.75 Å². The van der Waals surface area contributed by atoms with Crippen LogP contribution in [0, 0.1) is 0 Å². The number of hydrogen-bond acceptors (Lipinski definition) is 8. The molecule has 1 saturated heterocycles. The van der Waals surface area contributed by atoms with E-state index in [0.29, 0.717) is 15.9 Å². The highest BCUT2D eigenvalue weighted by atomic mass is 35.5. The van der Waals surface area contributed by atoms with Gasteiger partial charge in [0.05, 0.1) is 36.8 Å². The molecule has 10 nitrogen and oxygen atoms in total. The van der Waals surface area contributed by atoms with Crippen molar-refractivity contribution in [3.05, 3.63) is 63.2 Å². The second kappa shape index (κ2) is 9.48. The van der Waals surface area contributed by atoms with Gasteiger partial charge < -0.3 is 19.2 Å². The molecule has 0 unspecified atom stereocenters. The Kier molecular flexibility index (Phi) is 6.66. The Morgan fingerprint density at radius 1 is 1.21 bits per heavy atom. The van der Waals surface area contributed by atoms with Gasteiger partial charge >= 0.3 is 5.97 Å². The number of fused-ring (bicyclic) bond motifs is 1. The van der Waals surface area contributed by atoms with Gasteiger partial charge in [-0.25, -0.2) is 18.2 Å². The summed E-state index contributed by atoms with van der Waals surface area (Å²) in [5.74, 6) is -0.557. The second-order valence-corrected chi connectivity index (χ2v) is 9.48. The van der Waals surface area contributed by atoms with Gasteiger partial charge in [0.2, 0.25) is 10.0 Å². The highest BCUT2D eigenvalue weighted by Crippen LogP contribution is 2.28. The largest absolute Gasteiger partial charge is 0.495 e. The van der Waals surface area contributed by atoms with E-state index in [-0.39, 0.29) is 54.9 Å². The number of aromatic nitrogens is 2. The second-order valence-electron chi connectivity index (χ2n) is 7.13. The molecule has 0 aliphatic carbocycles. The normalized spacial score (nSPS) is 14.8. The first-order valence-corrected chi connectivity index (χ1v) is 11.7. The number of nitrogens with zero attached hydrogens (tertiary/aromatic N) is 2. The number of ether oxygens (including phenoxy) is 3. The summed E-state index contributed by atoms with van der Waals surface area (Å²) >= 11 is 5.96. The molecule has 0 radical (unpaired) electrons. The monoisotopic (exact) mass is 493 g/mol. The summed E-state index contributed by atoms with van der Waals surface area (Å²) in [6, 6.07) is 8.66. The van der Waals surface area contributed by atoms with Crippen molar-refractivity contribution in [3.63, 3.8) is 0 Å². The van der Waals surface area contributed by atoms with E-state index in [1.165, 1.54) is 35.7 Å². The van der Waals surface area contributed by atoms with Crippen LogP contribution in [-0.4, -0.2) is 62.1 Å². The number of nitrogens with one attached hydrogen (secondary N) is 1. The highest BCUT2D eigenvalue weighted by molar-refractivity contribution is 7.89. The van der Waals surface area contributed by atoms with Gasteiger partial charge in [-0.2, -0.15) is 4.31 Å². The van der Waals surface area contributed by atoms with Crippen LogP contribution in [0.4, 0.5) is 0 Å². The van der Waals surface area contributed by atoms with E-state index in [2.05, 4.69) is 9.97 Å². The Hall–Kier alpha value is -2.99. The Bertz CT molecular complexity index is 1370. The molecule has 4 rings (SSSR count). The zero-order valence-electron chi connectivity index (χ0n) is 17.5. The number of benzene rings is 2. The summed E-state index contributed by atoms with van der Waals surface area (Å²) in [7, 11) is -2.57. The molecule has 1 aliphatic heterocycles. The van der Waals surface area contributed by atoms with Crippen molar-refractivity contribution in [2.45, 2.75) is 11.5 Å². The maximum absolute atomic E-state index is 13.1. The number of hydrogen-bond donors (Lipinski definition) is 1. The molecule has 0 atom stereocenters. The Morgan fingerprint density at radius 2 is 1.97 bits per heavy atom. The lowest BCUT2D eigenvalue weighted by molar-refractivity contribution is 0.0462. The van der Waals surface area contributed by atoms with Crippen molar-refractivity contribution < 1.29 is 27.4 Å². The molecule has 2 heterocycles. The number of esters is 1. The van der Waals surface area contributed by atoms with E-state index in [9.17, 15) is 18.0 Å². The van der Waals surface area contributed by atoms with E-state index in [0.717, 1.165) is 0 Å². The third-order valence-corrected chi connectivity index (χ3v) is 7.20. The number of rotatable bonds is 6. The smallest absolute Gasteiger partial charge is 0.338 e. The van der Waals surface area contributed by atoms with Crippen LogP contribution in [0.15, 0.2) is 46.1 Å². The predicted octanol–water partition coefficient (Wildman–Crippen LogP) is 1.96. The van der Waals surface area contributed by atoms with Gasteiger partial charge in [-0.1, -0.05) is 11.6 Å². The van der Waals surface area contributed by atoms with Crippen LogP contribution in [0.5, 0.6) is 5.75 Å². The molecular formula is C21H20ClN3O7S. The number of H-pyrrole nitrogens is 1. The Labute approximate surface area is 194 Å². The first kappa shape index (κ1) is 23.2. The molecule has 33 heavy (non-hydrogen) atoms. The fraction of sp³-hybridized carbons (Fsp3) is 0.286. The van der Waals surface area contributed by atoms with Crippen molar-refractivity contribution in [1.29, 1.82) is 0 Å². The average molecular weight is 494 g/mol. The molecule has 0 bridgehead atoms. The quantitative estimate of drug-likeness (QED) is 0.516. The number of morpholine rings is 1. The minimum Gasteiger partial charge on any atom is -0.495 e. The first-order chi connectivity index (χ1) is 15.8. The lowest BCUT2D eigenvalue weighted by atomic mass is 10.2.